The van der Waals surface area contributed by atoms with Crippen LogP contribution in [0, 0.1) is 5.92 Å². The molecule has 19 heteroatoms. The topological polar surface area (TPSA) is 181 Å². The summed E-state index contributed by atoms with van der Waals surface area (Å²) in [5.41, 5.74) is -0.173. The van der Waals surface area contributed by atoms with E-state index in [1.807, 2.05) is 20.8 Å². The molecule has 1 fully saturated rings. The van der Waals surface area contributed by atoms with Crippen LogP contribution >= 0.6 is 50.5 Å². The highest BCUT2D eigenvalue weighted by molar-refractivity contribution is 9.10. The van der Waals surface area contributed by atoms with E-state index in [1.54, 1.807) is 36.6 Å². The number of likely N-dealkylation sites (tertiary alicyclic amines) is 1. The van der Waals surface area contributed by atoms with Crippen molar-refractivity contribution in [1.82, 2.24) is 25.2 Å². The number of sulfonamides is 1. The van der Waals surface area contributed by atoms with Crippen LogP contribution in [0.1, 0.15) is 99.1 Å². The molecular weight excluding hydrogens is 849 g/mol. The lowest BCUT2D eigenvalue weighted by atomic mass is 9.92. The molecule has 4 rings (SSSR count). The number of carbonyl (C=O) groups is 5. The first-order valence-corrected chi connectivity index (χ1v) is 21.1. The van der Waals surface area contributed by atoms with Crippen LogP contribution in [0.4, 0.5) is 4.79 Å². The Hall–Kier alpha value is -2.96. The van der Waals surface area contributed by atoms with Gasteiger partial charge in [0, 0.05) is 46.2 Å². The molecule has 0 aliphatic carbocycles. The molecule has 4 amide bonds. The van der Waals surface area contributed by atoms with E-state index < -0.39 is 51.6 Å². The monoisotopic (exact) mass is 893 g/mol. The number of esters is 1. The van der Waals surface area contributed by atoms with Crippen molar-refractivity contribution >= 4 is 90.3 Å². The third kappa shape index (κ3) is 11.3. The standard InChI is InChI=1S/C35H46BrCl2N5O9S2/c1-34(2,3)51-32(47)24(41-54(49,50)27-26(36)28(37)53-29(27)38)16-40-31(46)23-15-21-18-43(17-20(21)14-22(23)30(45)39-7)25(44)9-8-19-10-12-42(13-11-19)33(48)52-35(4,5)6/h14-15,19,24,41H,8-13,16-18H2,1-7H3,(H,39,45)(H,40,46)/t24-/m0/s1. The van der Waals surface area contributed by atoms with Crippen molar-refractivity contribution in [3.8, 4) is 0 Å². The van der Waals surface area contributed by atoms with Crippen LogP contribution < -0.4 is 15.4 Å². The number of carbonyl (C=O) groups excluding carboxylic acids is 5. The van der Waals surface area contributed by atoms with Gasteiger partial charge < -0.3 is 29.9 Å². The van der Waals surface area contributed by atoms with Gasteiger partial charge in [0.05, 0.1) is 15.6 Å². The zero-order valence-corrected chi connectivity index (χ0v) is 35.9. The Morgan fingerprint density at radius 3 is 1.96 bits per heavy atom. The number of thiophene rings is 1. The first kappa shape index (κ1) is 43.8. The Balaban J connectivity index is 1.44. The molecule has 0 spiro atoms. The van der Waals surface area contributed by atoms with E-state index in [0.29, 0.717) is 37.1 Å². The minimum Gasteiger partial charge on any atom is -0.459 e. The van der Waals surface area contributed by atoms with E-state index in [4.69, 9.17) is 32.7 Å². The molecule has 2 aliphatic rings. The Kier molecular flexibility index (Phi) is 14.1. The minimum absolute atomic E-state index is 0.0140. The number of rotatable bonds is 11. The maximum Gasteiger partial charge on any atom is 0.410 e. The molecule has 0 saturated carbocycles. The quantitative estimate of drug-likeness (QED) is 0.233. The van der Waals surface area contributed by atoms with Crippen LogP contribution in [-0.4, -0.2) is 91.9 Å². The summed E-state index contributed by atoms with van der Waals surface area (Å²) in [6.07, 6.45) is 2.18. The molecule has 0 radical (unpaired) electrons. The van der Waals surface area contributed by atoms with Crippen LogP contribution in [-0.2, 0) is 42.2 Å². The van der Waals surface area contributed by atoms with Gasteiger partial charge in [-0.25, -0.2) is 13.2 Å². The Bertz CT molecular complexity index is 1900. The molecule has 14 nitrogen and oxygen atoms in total. The second-order valence-corrected chi connectivity index (χ2v) is 19.8. The van der Waals surface area contributed by atoms with Gasteiger partial charge in [0.2, 0.25) is 15.9 Å². The number of benzene rings is 1. The number of amides is 4. The van der Waals surface area contributed by atoms with Gasteiger partial charge in [-0.3, -0.25) is 19.2 Å². The zero-order chi connectivity index (χ0) is 40.3. The van der Waals surface area contributed by atoms with E-state index in [-0.39, 0.29) is 60.2 Å². The second kappa shape index (κ2) is 17.5. The van der Waals surface area contributed by atoms with E-state index in [0.717, 1.165) is 24.2 Å². The first-order valence-electron chi connectivity index (χ1n) is 17.3. The lowest BCUT2D eigenvalue weighted by Gasteiger charge is -2.33. The predicted octanol–water partition coefficient (Wildman–Crippen LogP) is 5.87. The predicted molar refractivity (Wildman–Crippen MR) is 208 cm³/mol. The first-order chi connectivity index (χ1) is 25.0. The number of hydrogen-bond donors (Lipinski definition) is 3. The molecular formula is C35H46BrCl2N5O9S2. The highest BCUT2D eigenvalue weighted by Gasteiger charge is 2.35. The molecule has 1 aromatic carbocycles. The summed E-state index contributed by atoms with van der Waals surface area (Å²) in [6.45, 7) is 11.4. The average Bonchev–Trinajstić information content (AvgIpc) is 3.61. The summed E-state index contributed by atoms with van der Waals surface area (Å²) in [4.78, 5) is 68.7. The van der Waals surface area contributed by atoms with Gasteiger partial charge in [-0.2, -0.15) is 4.72 Å². The van der Waals surface area contributed by atoms with Crippen LogP contribution in [0.15, 0.2) is 21.5 Å². The summed E-state index contributed by atoms with van der Waals surface area (Å²) in [7, 11) is -3.05. The smallest absolute Gasteiger partial charge is 0.410 e. The third-order valence-corrected chi connectivity index (χ3v) is 13.6. The molecule has 2 aromatic rings. The van der Waals surface area contributed by atoms with E-state index >= 15 is 0 Å². The van der Waals surface area contributed by atoms with Crippen molar-refractivity contribution in [2.24, 2.45) is 5.92 Å². The number of piperidine rings is 1. The van der Waals surface area contributed by atoms with Crippen molar-refractivity contribution in [3.63, 3.8) is 0 Å². The average molecular weight is 896 g/mol. The molecule has 1 aromatic heterocycles. The molecule has 0 unspecified atom stereocenters. The second-order valence-electron chi connectivity index (χ2n) is 15.2. The number of fused-ring (bicyclic) bond motifs is 1. The maximum atomic E-state index is 13.7. The number of halogens is 3. The number of ether oxygens (including phenoxy) is 2. The molecule has 2 aliphatic heterocycles. The minimum atomic E-state index is -4.46. The van der Waals surface area contributed by atoms with Crippen molar-refractivity contribution in [2.75, 3.05) is 26.7 Å². The SMILES string of the molecule is CNC(=O)c1cc2c(cc1C(=O)NC[C@H](NS(=O)(=O)c1c(Cl)sc(Cl)c1Br)C(=O)OC(C)(C)C)CN(C(=O)CCC1CCN(C(=O)OC(C)(C)C)CC1)C2. The van der Waals surface area contributed by atoms with Crippen LogP contribution in [0.5, 0.6) is 0 Å². The van der Waals surface area contributed by atoms with E-state index in [9.17, 15) is 32.4 Å². The summed E-state index contributed by atoms with van der Waals surface area (Å²) in [5.74, 6) is -2.07. The zero-order valence-electron chi connectivity index (χ0n) is 31.2. The fraction of sp³-hybridized carbons (Fsp3) is 0.571. The lowest BCUT2D eigenvalue weighted by molar-refractivity contribution is -0.156. The van der Waals surface area contributed by atoms with Gasteiger partial charge in [0.15, 0.2) is 0 Å². The van der Waals surface area contributed by atoms with Gasteiger partial charge in [-0.15, -0.1) is 11.3 Å². The molecule has 3 N–H and O–H groups in total. The number of nitrogens with zero attached hydrogens (tertiary/aromatic N) is 2. The van der Waals surface area contributed by atoms with Gasteiger partial charge in [-0.05, 0) is 106 Å². The van der Waals surface area contributed by atoms with Crippen molar-refractivity contribution in [2.45, 2.75) is 102 Å². The van der Waals surface area contributed by atoms with Gasteiger partial charge in [0.25, 0.3) is 11.8 Å². The maximum absolute atomic E-state index is 13.7. The third-order valence-electron chi connectivity index (χ3n) is 8.62. The molecule has 298 valence electrons. The molecule has 1 atom stereocenters. The number of nitrogens with one attached hydrogen (secondary N) is 3. The normalized spacial score (nSPS) is 15.7. The van der Waals surface area contributed by atoms with Crippen molar-refractivity contribution < 1.29 is 41.9 Å². The summed E-state index contributed by atoms with van der Waals surface area (Å²) >= 11 is 16.2. The highest BCUT2D eigenvalue weighted by Crippen LogP contribution is 2.43. The number of hydrogen-bond acceptors (Lipinski definition) is 10. The largest absolute Gasteiger partial charge is 0.459 e. The van der Waals surface area contributed by atoms with Crippen LogP contribution in [0.2, 0.25) is 8.67 Å². The fourth-order valence-corrected chi connectivity index (χ4v) is 10.7. The van der Waals surface area contributed by atoms with Gasteiger partial charge in [-0.1, -0.05) is 23.2 Å². The van der Waals surface area contributed by atoms with E-state index in [1.165, 1.54) is 13.1 Å². The van der Waals surface area contributed by atoms with Crippen molar-refractivity contribution in [1.29, 1.82) is 0 Å². The van der Waals surface area contributed by atoms with Gasteiger partial charge >= 0.3 is 12.1 Å². The summed E-state index contributed by atoms with van der Waals surface area (Å²) in [5, 5.41) is 5.09. The Morgan fingerprint density at radius 1 is 0.907 bits per heavy atom. The van der Waals surface area contributed by atoms with E-state index in [2.05, 4.69) is 31.3 Å². The summed E-state index contributed by atoms with van der Waals surface area (Å²) in [6, 6.07) is 1.50. The molecule has 1 saturated heterocycles. The Morgan fingerprint density at radius 2 is 1.46 bits per heavy atom. The van der Waals surface area contributed by atoms with Gasteiger partial charge in [0.1, 0.15) is 30.8 Å². The lowest BCUT2D eigenvalue weighted by Crippen LogP contribution is -2.50. The highest BCUT2D eigenvalue weighted by atomic mass is 79.9. The summed E-state index contributed by atoms with van der Waals surface area (Å²) < 4.78 is 39.9. The molecule has 0 bridgehead atoms. The fourth-order valence-electron chi connectivity index (χ4n) is 6.01. The molecule has 54 heavy (non-hydrogen) atoms. The van der Waals surface area contributed by atoms with Crippen molar-refractivity contribution in [3.05, 3.63) is 47.5 Å². The molecule has 3 heterocycles. The Labute approximate surface area is 338 Å². The van der Waals surface area contributed by atoms with Crippen LogP contribution in [0.25, 0.3) is 0 Å². The van der Waals surface area contributed by atoms with Crippen LogP contribution in [0.3, 0.4) is 0 Å².